The lowest BCUT2D eigenvalue weighted by Crippen LogP contribution is -2.41. The van der Waals surface area contributed by atoms with Gasteiger partial charge in [0, 0.05) is 5.41 Å². The first-order chi connectivity index (χ1) is 9.68. The second kappa shape index (κ2) is 5.69. The lowest BCUT2D eigenvalue weighted by atomic mass is 9.96. The highest BCUT2D eigenvalue weighted by molar-refractivity contribution is 7.80. The first-order valence-electron chi connectivity index (χ1n) is 6.67. The predicted octanol–water partition coefficient (Wildman–Crippen LogP) is 3.77. The lowest BCUT2D eigenvalue weighted by Gasteiger charge is -2.17. The zero-order chi connectivity index (χ0) is 15.8. The summed E-state index contributed by atoms with van der Waals surface area (Å²) in [6, 6.07) is 4.14. The summed E-state index contributed by atoms with van der Waals surface area (Å²) in [5.41, 5.74) is 2.81. The van der Waals surface area contributed by atoms with E-state index in [0.717, 1.165) is 15.8 Å². The fraction of sp³-hybridized carbons (Fsp3) is 0.400. The number of hydrogen-bond acceptors (Lipinski definition) is 4. The Labute approximate surface area is 134 Å². The van der Waals surface area contributed by atoms with E-state index in [1.165, 1.54) is 16.9 Å². The van der Waals surface area contributed by atoms with Gasteiger partial charge >= 0.3 is 0 Å². The molecule has 2 rings (SSSR count). The predicted molar refractivity (Wildman–Crippen MR) is 92.9 cm³/mol. The average molecular weight is 321 g/mol. The van der Waals surface area contributed by atoms with Crippen LogP contribution in [0.1, 0.15) is 31.9 Å². The molecule has 112 valence electrons. The third-order valence-electron chi connectivity index (χ3n) is 3.07. The molecule has 2 aromatic rings. The van der Waals surface area contributed by atoms with Crippen molar-refractivity contribution in [2.75, 3.05) is 5.32 Å². The summed E-state index contributed by atoms with van der Waals surface area (Å²) in [6.45, 7) is 9.62. The number of nitrogens with zero attached hydrogens (tertiary/aromatic N) is 1. The molecule has 6 heteroatoms. The third-order valence-corrected chi connectivity index (χ3v) is 4.38. The van der Waals surface area contributed by atoms with E-state index < -0.39 is 5.41 Å². The van der Waals surface area contributed by atoms with E-state index >= 15 is 0 Å². The van der Waals surface area contributed by atoms with Crippen molar-refractivity contribution in [1.82, 2.24) is 10.3 Å². The van der Waals surface area contributed by atoms with E-state index in [2.05, 4.69) is 34.7 Å². The zero-order valence-corrected chi connectivity index (χ0v) is 14.5. The zero-order valence-electron chi connectivity index (χ0n) is 12.8. The van der Waals surface area contributed by atoms with Gasteiger partial charge in [-0.1, -0.05) is 44.2 Å². The molecule has 0 bridgehead atoms. The fourth-order valence-electron chi connectivity index (χ4n) is 1.73. The van der Waals surface area contributed by atoms with Crippen molar-refractivity contribution in [3.8, 4) is 0 Å². The maximum Gasteiger partial charge on any atom is 0.231 e. The third kappa shape index (κ3) is 3.57. The van der Waals surface area contributed by atoms with E-state index in [4.69, 9.17) is 12.2 Å². The molecule has 4 nitrogen and oxygen atoms in total. The van der Waals surface area contributed by atoms with Crippen molar-refractivity contribution in [3.63, 3.8) is 0 Å². The minimum absolute atomic E-state index is 0.117. The average Bonchev–Trinajstić information content (AvgIpc) is 2.77. The number of carbonyl (C=O) groups is 1. The van der Waals surface area contributed by atoms with Gasteiger partial charge in [-0.15, -0.1) is 0 Å². The number of hydrogen-bond donors (Lipinski definition) is 2. The topological polar surface area (TPSA) is 54.0 Å². The monoisotopic (exact) mass is 321 g/mol. The van der Waals surface area contributed by atoms with Gasteiger partial charge in [0.15, 0.2) is 10.2 Å². The van der Waals surface area contributed by atoms with E-state index in [1.54, 1.807) is 0 Å². The van der Waals surface area contributed by atoms with Crippen molar-refractivity contribution >= 4 is 49.9 Å². The second-order valence-electron chi connectivity index (χ2n) is 6.05. The first kappa shape index (κ1) is 15.9. The molecule has 0 saturated carbocycles. The number of thiazole rings is 1. The largest absolute Gasteiger partial charge is 0.308 e. The molecular weight excluding hydrogens is 302 g/mol. The van der Waals surface area contributed by atoms with Gasteiger partial charge in [0.05, 0.1) is 10.2 Å². The van der Waals surface area contributed by atoms with Gasteiger partial charge in [-0.2, -0.15) is 0 Å². The highest BCUT2D eigenvalue weighted by Crippen LogP contribution is 2.30. The van der Waals surface area contributed by atoms with Gasteiger partial charge in [-0.05, 0) is 37.2 Å². The van der Waals surface area contributed by atoms with Gasteiger partial charge in [0.2, 0.25) is 5.91 Å². The van der Waals surface area contributed by atoms with Crippen molar-refractivity contribution in [2.45, 2.75) is 34.6 Å². The smallest absolute Gasteiger partial charge is 0.231 e. The van der Waals surface area contributed by atoms with E-state index in [0.29, 0.717) is 5.13 Å². The number of fused-ring (bicyclic) bond motifs is 1. The summed E-state index contributed by atoms with van der Waals surface area (Å²) >= 11 is 6.72. The molecule has 0 unspecified atom stereocenters. The van der Waals surface area contributed by atoms with E-state index in [-0.39, 0.29) is 11.0 Å². The molecule has 0 saturated heterocycles. The molecule has 0 atom stereocenters. The summed E-state index contributed by atoms with van der Waals surface area (Å²) in [4.78, 5) is 16.4. The van der Waals surface area contributed by atoms with E-state index in [9.17, 15) is 4.79 Å². The molecule has 0 aliphatic heterocycles. The Bertz CT molecular complexity index is 675. The van der Waals surface area contributed by atoms with Gasteiger partial charge in [0.1, 0.15) is 0 Å². The maximum atomic E-state index is 11.9. The molecule has 1 aromatic heterocycles. The number of amides is 1. The van der Waals surface area contributed by atoms with Crippen molar-refractivity contribution in [3.05, 3.63) is 23.3 Å². The van der Waals surface area contributed by atoms with Crippen LogP contribution in [0.4, 0.5) is 5.13 Å². The summed E-state index contributed by atoms with van der Waals surface area (Å²) in [7, 11) is 0. The van der Waals surface area contributed by atoms with Crippen LogP contribution in [-0.4, -0.2) is 16.0 Å². The van der Waals surface area contributed by atoms with Crippen LogP contribution in [0.5, 0.6) is 0 Å². The van der Waals surface area contributed by atoms with Crippen molar-refractivity contribution in [1.29, 1.82) is 0 Å². The van der Waals surface area contributed by atoms with Crippen molar-refractivity contribution < 1.29 is 4.79 Å². The molecule has 0 fully saturated rings. The summed E-state index contributed by atoms with van der Waals surface area (Å²) in [5, 5.41) is 6.66. The Kier molecular flexibility index (Phi) is 4.30. The molecule has 0 spiro atoms. The number of aryl methyl sites for hydroxylation is 2. The number of nitrogens with one attached hydrogen (secondary N) is 2. The SMILES string of the molecule is Cc1ccc(C)c2sc(NC(=S)NC(=O)C(C)(C)C)nc12. The molecule has 1 aromatic carbocycles. The van der Waals surface area contributed by atoms with Crippen LogP contribution in [0.2, 0.25) is 0 Å². The fourth-order valence-corrected chi connectivity index (χ4v) is 3.00. The van der Waals surface area contributed by atoms with Crippen LogP contribution in [0.25, 0.3) is 10.2 Å². The minimum Gasteiger partial charge on any atom is -0.308 e. The van der Waals surface area contributed by atoms with Gasteiger partial charge in [-0.25, -0.2) is 4.98 Å². The van der Waals surface area contributed by atoms with Crippen molar-refractivity contribution in [2.24, 2.45) is 5.41 Å². The number of rotatable bonds is 1. The number of aromatic nitrogens is 1. The van der Waals surface area contributed by atoms with Crippen LogP contribution in [0.3, 0.4) is 0 Å². The van der Waals surface area contributed by atoms with E-state index in [1.807, 2.05) is 27.7 Å². The van der Waals surface area contributed by atoms with Crippen LogP contribution < -0.4 is 10.6 Å². The van der Waals surface area contributed by atoms with Crippen LogP contribution in [-0.2, 0) is 4.79 Å². The number of thiocarbonyl (C=S) groups is 1. The standard InChI is InChI=1S/C15H19N3OS2/c1-8-6-7-9(2)11-10(8)16-14(21-11)18-13(20)17-12(19)15(3,4)5/h6-7H,1-5H3,(H2,16,17,18,19,20). The highest BCUT2D eigenvalue weighted by atomic mass is 32.1. The molecule has 1 heterocycles. The lowest BCUT2D eigenvalue weighted by molar-refractivity contribution is -0.126. The highest BCUT2D eigenvalue weighted by Gasteiger charge is 2.22. The number of benzene rings is 1. The molecule has 21 heavy (non-hydrogen) atoms. The number of carbonyl (C=O) groups excluding carboxylic acids is 1. The molecule has 1 amide bonds. The van der Waals surface area contributed by atoms with Crippen LogP contribution >= 0.6 is 23.6 Å². The number of anilines is 1. The van der Waals surface area contributed by atoms with Gasteiger partial charge < -0.3 is 10.6 Å². The summed E-state index contributed by atoms with van der Waals surface area (Å²) in [6.07, 6.45) is 0. The molecule has 0 aliphatic rings. The molecular formula is C15H19N3OS2. The Morgan fingerprint density at radius 2 is 1.86 bits per heavy atom. The van der Waals surface area contributed by atoms with Gasteiger partial charge in [0.25, 0.3) is 0 Å². The molecule has 0 radical (unpaired) electrons. The molecule has 2 N–H and O–H groups in total. The molecule has 0 aliphatic carbocycles. The van der Waals surface area contributed by atoms with Crippen LogP contribution in [0.15, 0.2) is 12.1 Å². The maximum absolute atomic E-state index is 11.9. The first-order valence-corrected chi connectivity index (χ1v) is 7.90. The summed E-state index contributed by atoms with van der Waals surface area (Å²) in [5.74, 6) is -0.117. The summed E-state index contributed by atoms with van der Waals surface area (Å²) < 4.78 is 1.14. The minimum atomic E-state index is -0.480. The normalized spacial score (nSPS) is 11.5. The Balaban J connectivity index is 2.17. The van der Waals surface area contributed by atoms with Gasteiger partial charge in [-0.3, -0.25) is 4.79 Å². The van der Waals surface area contributed by atoms with Crippen LogP contribution in [0, 0.1) is 19.3 Å². The second-order valence-corrected chi connectivity index (χ2v) is 7.46. The quantitative estimate of drug-likeness (QED) is 0.785. The Morgan fingerprint density at radius 1 is 1.24 bits per heavy atom. The Morgan fingerprint density at radius 3 is 2.43 bits per heavy atom. The Hall–Kier alpha value is -1.53.